The van der Waals surface area contributed by atoms with E-state index in [1.807, 2.05) is 13.8 Å². The Morgan fingerprint density at radius 1 is 1.21 bits per heavy atom. The molecular weight excluding hydrogens is 361 g/mol. The van der Waals surface area contributed by atoms with Gasteiger partial charge in [0.2, 0.25) is 0 Å². The van der Waals surface area contributed by atoms with Crippen molar-refractivity contribution in [2.45, 2.75) is 39.2 Å². The molecule has 0 fully saturated rings. The number of hydrogen-bond donors (Lipinski definition) is 1. The van der Waals surface area contributed by atoms with Gasteiger partial charge in [0.05, 0.1) is 12.0 Å². The monoisotopic (exact) mass is 381 g/mol. The molecular formula is C22H20FNO4. The van der Waals surface area contributed by atoms with E-state index in [1.54, 1.807) is 19.1 Å². The first kappa shape index (κ1) is 18.2. The fourth-order valence-corrected chi connectivity index (χ4v) is 3.55. The molecule has 1 aliphatic heterocycles. The summed E-state index contributed by atoms with van der Waals surface area (Å²) in [5.41, 5.74) is 1.41. The molecule has 3 aromatic rings. The summed E-state index contributed by atoms with van der Waals surface area (Å²) in [5, 5.41) is 3.29. The SMILES string of the molecule is CC[C@]1(C)CC(=O)c2c(ccc3oc(C(=O)Nc4ccc(F)cc4)c(C)c23)O1. The molecule has 5 nitrogen and oxygen atoms in total. The first-order valence-electron chi connectivity index (χ1n) is 9.16. The third-order valence-electron chi connectivity index (χ3n) is 5.28. The van der Waals surface area contributed by atoms with Crippen LogP contribution in [0, 0.1) is 12.7 Å². The van der Waals surface area contributed by atoms with Crippen LogP contribution in [0.15, 0.2) is 40.8 Å². The number of halogens is 1. The zero-order valence-electron chi connectivity index (χ0n) is 15.9. The van der Waals surface area contributed by atoms with Crippen LogP contribution >= 0.6 is 0 Å². The molecule has 1 atom stereocenters. The number of hydrogen-bond acceptors (Lipinski definition) is 4. The molecule has 0 unspecified atom stereocenters. The first-order chi connectivity index (χ1) is 13.3. The molecule has 6 heteroatoms. The lowest BCUT2D eigenvalue weighted by molar-refractivity contribution is 0.0503. The van der Waals surface area contributed by atoms with Gasteiger partial charge in [0.1, 0.15) is 22.8 Å². The molecule has 0 bridgehead atoms. The van der Waals surface area contributed by atoms with Crippen molar-refractivity contribution in [3.05, 3.63) is 59.1 Å². The van der Waals surface area contributed by atoms with Gasteiger partial charge in [-0.2, -0.15) is 0 Å². The number of anilines is 1. The Hall–Kier alpha value is -3.15. The number of aryl methyl sites for hydroxylation is 1. The van der Waals surface area contributed by atoms with Gasteiger partial charge in [0, 0.05) is 16.6 Å². The Morgan fingerprint density at radius 3 is 2.61 bits per heavy atom. The Balaban J connectivity index is 1.75. The zero-order valence-corrected chi connectivity index (χ0v) is 15.9. The Bertz CT molecular complexity index is 1100. The van der Waals surface area contributed by atoms with Crippen molar-refractivity contribution in [3.8, 4) is 5.75 Å². The molecule has 2 heterocycles. The van der Waals surface area contributed by atoms with Crippen molar-refractivity contribution >= 4 is 28.3 Å². The second-order valence-corrected chi connectivity index (χ2v) is 7.33. The van der Waals surface area contributed by atoms with Crippen molar-refractivity contribution in [1.82, 2.24) is 0 Å². The van der Waals surface area contributed by atoms with Gasteiger partial charge in [0.25, 0.3) is 5.91 Å². The van der Waals surface area contributed by atoms with Crippen LogP contribution in [0.1, 0.15) is 53.2 Å². The van der Waals surface area contributed by atoms with Gasteiger partial charge in [-0.05, 0) is 56.7 Å². The normalized spacial score (nSPS) is 18.6. The maximum Gasteiger partial charge on any atom is 0.291 e. The Kier molecular flexibility index (Phi) is 4.22. The molecule has 1 aromatic heterocycles. The number of carbonyl (C=O) groups excluding carboxylic acids is 2. The lowest BCUT2D eigenvalue weighted by Gasteiger charge is -2.34. The minimum absolute atomic E-state index is 0.0226. The zero-order chi connectivity index (χ0) is 20.1. The minimum Gasteiger partial charge on any atom is -0.486 e. The van der Waals surface area contributed by atoms with Crippen molar-refractivity contribution < 1.29 is 23.1 Å². The highest BCUT2D eigenvalue weighted by Crippen LogP contribution is 2.41. The minimum atomic E-state index is -0.530. The van der Waals surface area contributed by atoms with Gasteiger partial charge >= 0.3 is 0 Å². The van der Waals surface area contributed by atoms with Crippen LogP contribution in [-0.4, -0.2) is 17.3 Å². The van der Waals surface area contributed by atoms with E-state index in [-0.39, 0.29) is 23.8 Å². The number of ether oxygens (including phenoxy) is 1. The molecule has 2 aromatic carbocycles. The van der Waals surface area contributed by atoms with Gasteiger partial charge in [-0.1, -0.05) is 6.92 Å². The van der Waals surface area contributed by atoms with E-state index in [1.165, 1.54) is 24.3 Å². The number of amides is 1. The lowest BCUT2D eigenvalue weighted by Crippen LogP contribution is -2.38. The number of rotatable bonds is 3. The number of carbonyl (C=O) groups is 2. The molecule has 28 heavy (non-hydrogen) atoms. The summed E-state index contributed by atoms with van der Waals surface area (Å²) < 4.78 is 24.9. The second-order valence-electron chi connectivity index (χ2n) is 7.33. The standard InChI is InChI=1S/C22H20FNO4/c1-4-22(3)11-15(25)19-17(28-22)10-9-16-18(19)12(2)20(27-16)21(26)24-14-7-5-13(23)6-8-14/h5-10H,4,11H2,1-3H3,(H,24,26)/t22-/m1/s1. The second kappa shape index (κ2) is 6.48. The largest absolute Gasteiger partial charge is 0.486 e. The molecule has 0 aliphatic carbocycles. The summed E-state index contributed by atoms with van der Waals surface area (Å²) in [6, 6.07) is 8.89. The van der Waals surface area contributed by atoms with Crippen LogP contribution in [0.25, 0.3) is 11.0 Å². The highest BCUT2D eigenvalue weighted by molar-refractivity contribution is 6.14. The smallest absolute Gasteiger partial charge is 0.291 e. The van der Waals surface area contributed by atoms with Crippen LogP contribution in [0.2, 0.25) is 0 Å². The molecule has 0 saturated carbocycles. The van der Waals surface area contributed by atoms with Gasteiger partial charge in [-0.3, -0.25) is 9.59 Å². The highest BCUT2D eigenvalue weighted by Gasteiger charge is 2.37. The third kappa shape index (κ3) is 2.95. The Morgan fingerprint density at radius 2 is 1.93 bits per heavy atom. The number of fused-ring (bicyclic) bond motifs is 3. The molecule has 4 rings (SSSR count). The lowest BCUT2D eigenvalue weighted by atomic mass is 9.87. The van der Waals surface area contributed by atoms with Crippen LogP contribution in [-0.2, 0) is 0 Å². The van der Waals surface area contributed by atoms with E-state index in [9.17, 15) is 14.0 Å². The molecule has 1 N–H and O–H groups in total. The number of nitrogens with one attached hydrogen (secondary N) is 1. The average Bonchev–Trinajstić information content (AvgIpc) is 3.00. The molecule has 0 saturated heterocycles. The number of ketones is 1. The fraction of sp³-hybridized carbons (Fsp3) is 0.273. The van der Waals surface area contributed by atoms with Crippen molar-refractivity contribution in [3.63, 3.8) is 0 Å². The van der Waals surface area contributed by atoms with Crippen LogP contribution in [0.3, 0.4) is 0 Å². The van der Waals surface area contributed by atoms with Crippen molar-refractivity contribution in [2.75, 3.05) is 5.32 Å². The quantitative estimate of drug-likeness (QED) is 0.671. The topological polar surface area (TPSA) is 68.5 Å². The maximum atomic E-state index is 13.1. The van der Waals surface area contributed by atoms with Gasteiger partial charge in [-0.15, -0.1) is 0 Å². The van der Waals surface area contributed by atoms with Crippen molar-refractivity contribution in [2.24, 2.45) is 0 Å². The van der Waals surface area contributed by atoms with Gasteiger partial charge in [-0.25, -0.2) is 4.39 Å². The molecule has 0 spiro atoms. The summed E-state index contributed by atoms with van der Waals surface area (Å²) >= 11 is 0. The van der Waals surface area contributed by atoms with Crippen molar-refractivity contribution in [1.29, 1.82) is 0 Å². The van der Waals surface area contributed by atoms with E-state index in [0.717, 1.165) is 0 Å². The van der Waals surface area contributed by atoms with Crippen LogP contribution < -0.4 is 10.1 Å². The van der Waals surface area contributed by atoms with Crippen LogP contribution in [0.5, 0.6) is 5.75 Å². The summed E-state index contributed by atoms with van der Waals surface area (Å²) in [5.74, 6) is -0.240. The van der Waals surface area contributed by atoms with E-state index in [2.05, 4.69) is 5.32 Å². The first-order valence-corrected chi connectivity index (χ1v) is 9.16. The van der Waals surface area contributed by atoms with Gasteiger partial charge < -0.3 is 14.5 Å². The van der Waals surface area contributed by atoms with E-state index < -0.39 is 11.5 Å². The van der Waals surface area contributed by atoms with E-state index >= 15 is 0 Å². The number of benzene rings is 2. The molecule has 144 valence electrons. The molecule has 1 aliphatic rings. The maximum absolute atomic E-state index is 13.1. The summed E-state index contributed by atoms with van der Waals surface area (Å²) in [4.78, 5) is 25.5. The highest BCUT2D eigenvalue weighted by atomic mass is 19.1. The predicted octanol–water partition coefficient (Wildman–Crippen LogP) is 5.27. The summed E-state index contributed by atoms with van der Waals surface area (Å²) in [6.45, 7) is 5.65. The third-order valence-corrected chi connectivity index (χ3v) is 5.28. The van der Waals surface area contributed by atoms with Gasteiger partial charge in [0.15, 0.2) is 11.5 Å². The fourth-order valence-electron chi connectivity index (χ4n) is 3.55. The summed E-state index contributed by atoms with van der Waals surface area (Å²) in [7, 11) is 0. The predicted molar refractivity (Wildman–Crippen MR) is 104 cm³/mol. The van der Waals surface area contributed by atoms with E-state index in [0.29, 0.717) is 40.0 Å². The van der Waals surface area contributed by atoms with E-state index in [4.69, 9.17) is 9.15 Å². The number of Topliss-reactive ketones (excluding diaryl/α,β-unsaturated/α-hetero) is 1. The average molecular weight is 381 g/mol. The number of furan rings is 1. The Labute approximate surface area is 161 Å². The molecule has 1 amide bonds. The summed E-state index contributed by atoms with van der Waals surface area (Å²) in [6.07, 6.45) is 0.989. The molecule has 0 radical (unpaired) electrons. The van der Waals surface area contributed by atoms with Crippen LogP contribution in [0.4, 0.5) is 10.1 Å².